The van der Waals surface area contributed by atoms with Gasteiger partial charge in [0.15, 0.2) is 11.8 Å². The van der Waals surface area contributed by atoms with Crippen LogP contribution >= 0.6 is 0 Å². The first-order valence-corrected chi connectivity index (χ1v) is 21.4. The molecule has 7 atom stereocenters. The van der Waals surface area contributed by atoms with Crippen LogP contribution in [0.15, 0.2) is 30.3 Å². The van der Waals surface area contributed by atoms with E-state index in [0.717, 1.165) is 49.7 Å². The van der Waals surface area contributed by atoms with Gasteiger partial charge in [0, 0.05) is 58.8 Å². The molecule has 1 aliphatic carbocycles. The van der Waals surface area contributed by atoms with Gasteiger partial charge in [0.05, 0.1) is 19.2 Å². The van der Waals surface area contributed by atoms with Crippen molar-refractivity contribution in [1.29, 1.82) is 0 Å². The second-order valence-corrected chi connectivity index (χ2v) is 17.6. The third-order valence-electron chi connectivity index (χ3n) is 11.5. The summed E-state index contributed by atoms with van der Waals surface area (Å²) in [7, 11) is 3.36. The summed E-state index contributed by atoms with van der Waals surface area (Å²) in [6.45, 7) is 9.32. The van der Waals surface area contributed by atoms with E-state index in [1.807, 2.05) is 24.3 Å². The van der Waals surface area contributed by atoms with Crippen LogP contribution < -0.4 is 10.6 Å². The summed E-state index contributed by atoms with van der Waals surface area (Å²) in [6, 6.07) is 5.71. The fourth-order valence-electron chi connectivity index (χ4n) is 8.58. The Bertz CT molecular complexity index is 1650. The number of hydrogen-bond donors (Lipinski definition) is 3. The van der Waals surface area contributed by atoms with Gasteiger partial charge in [0.25, 0.3) is 0 Å². The standard InChI is InChI=1S/C44H66N4O11/c1-8-10-12-23-43(24-13-11-9-2)57-36-32-26-44(41(54)45-25-22-33(50)46-31(28-49)19-21-35(52)56-42(3,4)5)38(40(53)55-32)48(59-39(44)37(36)58-43)27-30-16-14-29(15-17-30)18-20-34(51)47(6)7/h14-18,20,31-32,36-39,49H,8-13,19,21-28H2,1-7H3,(H,45,54)(H,46,50). The van der Waals surface area contributed by atoms with E-state index in [1.165, 1.54) is 16.0 Å². The van der Waals surface area contributed by atoms with Crippen LogP contribution in [-0.2, 0) is 54.3 Å². The summed E-state index contributed by atoms with van der Waals surface area (Å²) >= 11 is 0. The third-order valence-corrected chi connectivity index (χ3v) is 11.5. The number of nitrogens with zero attached hydrogens (tertiary/aromatic N) is 2. The average Bonchev–Trinajstić information content (AvgIpc) is 3.73. The van der Waals surface area contributed by atoms with E-state index in [1.54, 1.807) is 40.9 Å². The summed E-state index contributed by atoms with van der Waals surface area (Å²) < 4.78 is 25.3. The summed E-state index contributed by atoms with van der Waals surface area (Å²) in [5.74, 6) is -2.93. The van der Waals surface area contributed by atoms with Gasteiger partial charge in [-0.1, -0.05) is 63.8 Å². The molecule has 2 bridgehead atoms. The highest BCUT2D eigenvalue weighted by Crippen LogP contribution is 2.58. The number of hydrogen-bond acceptors (Lipinski definition) is 12. The lowest BCUT2D eigenvalue weighted by Crippen LogP contribution is -2.69. The number of aliphatic hydroxyl groups excluding tert-OH is 1. The lowest BCUT2D eigenvalue weighted by molar-refractivity contribution is -0.224. The first-order chi connectivity index (χ1) is 28.0. The molecule has 328 valence electrons. The number of aliphatic hydroxyl groups is 1. The molecule has 4 aliphatic rings. The van der Waals surface area contributed by atoms with Crippen LogP contribution in [-0.4, -0.2) is 120 Å². The average molecular weight is 827 g/mol. The summed E-state index contributed by atoms with van der Waals surface area (Å²) in [6.07, 6.45) is 7.69. The zero-order valence-electron chi connectivity index (χ0n) is 36.0. The van der Waals surface area contributed by atoms with Crippen molar-refractivity contribution in [3.63, 3.8) is 0 Å². The van der Waals surface area contributed by atoms with Crippen LogP contribution in [0.3, 0.4) is 0 Å². The summed E-state index contributed by atoms with van der Waals surface area (Å²) in [4.78, 5) is 74.4. The van der Waals surface area contributed by atoms with Gasteiger partial charge in [-0.05, 0) is 57.2 Å². The van der Waals surface area contributed by atoms with Crippen molar-refractivity contribution in [2.75, 3.05) is 27.2 Å². The number of benzene rings is 1. The topological polar surface area (TPSA) is 182 Å². The molecule has 15 nitrogen and oxygen atoms in total. The minimum absolute atomic E-state index is 0.0178. The molecule has 1 saturated carbocycles. The highest BCUT2D eigenvalue weighted by molar-refractivity contribution is 5.94. The highest BCUT2D eigenvalue weighted by Gasteiger charge is 2.76. The van der Waals surface area contributed by atoms with Crippen LogP contribution in [0, 0.1) is 5.41 Å². The van der Waals surface area contributed by atoms with Crippen molar-refractivity contribution in [1.82, 2.24) is 20.6 Å². The molecule has 3 heterocycles. The number of fused-ring (bicyclic) bond motifs is 4. The number of likely N-dealkylation sites (N-methyl/N-ethyl adjacent to an activating group) is 1. The van der Waals surface area contributed by atoms with E-state index in [-0.39, 0.29) is 51.3 Å². The second-order valence-electron chi connectivity index (χ2n) is 17.6. The Labute approximate surface area is 348 Å². The molecule has 3 N–H and O–H groups in total. The molecule has 0 spiro atoms. The number of carbonyl (C=O) groups is 5. The molecule has 1 aromatic rings. The minimum Gasteiger partial charge on any atom is -0.460 e. The first kappa shape index (κ1) is 46.2. The Kier molecular flexibility index (Phi) is 15.7. The quantitative estimate of drug-likeness (QED) is 0.0908. The lowest BCUT2D eigenvalue weighted by atomic mass is 9.62. The van der Waals surface area contributed by atoms with Crippen molar-refractivity contribution in [3.05, 3.63) is 41.5 Å². The Hall–Kier alpha value is -3.89. The fraction of sp³-hybridized carbons (Fsp3) is 0.705. The Morgan fingerprint density at radius 1 is 1.00 bits per heavy atom. The first-order valence-electron chi connectivity index (χ1n) is 21.4. The van der Waals surface area contributed by atoms with Gasteiger partial charge in [-0.25, -0.2) is 0 Å². The molecular weight excluding hydrogens is 761 g/mol. The number of amides is 3. The van der Waals surface area contributed by atoms with E-state index in [4.69, 9.17) is 23.8 Å². The number of unbranched alkanes of at least 4 members (excludes halogenated alkanes) is 4. The van der Waals surface area contributed by atoms with Crippen molar-refractivity contribution in [2.45, 2.75) is 166 Å². The van der Waals surface area contributed by atoms with E-state index in [0.29, 0.717) is 12.8 Å². The Morgan fingerprint density at radius 2 is 1.66 bits per heavy atom. The van der Waals surface area contributed by atoms with Crippen LogP contribution in [0.5, 0.6) is 0 Å². The smallest absolute Gasteiger partial charge is 0.327 e. The maximum Gasteiger partial charge on any atom is 0.327 e. The van der Waals surface area contributed by atoms with Crippen LogP contribution in [0.25, 0.3) is 6.08 Å². The van der Waals surface area contributed by atoms with Gasteiger partial charge in [-0.15, -0.1) is 0 Å². The number of hydroxylamine groups is 2. The van der Waals surface area contributed by atoms with E-state index >= 15 is 0 Å². The molecule has 7 unspecified atom stereocenters. The van der Waals surface area contributed by atoms with Gasteiger partial charge >= 0.3 is 11.9 Å². The van der Waals surface area contributed by atoms with E-state index in [9.17, 15) is 29.1 Å². The lowest BCUT2D eigenvalue weighted by Gasteiger charge is -2.48. The maximum absolute atomic E-state index is 14.7. The van der Waals surface area contributed by atoms with Crippen molar-refractivity contribution in [3.8, 4) is 0 Å². The van der Waals surface area contributed by atoms with Gasteiger partial charge in [-0.2, -0.15) is 5.06 Å². The molecule has 0 aromatic heterocycles. The largest absolute Gasteiger partial charge is 0.460 e. The van der Waals surface area contributed by atoms with Gasteiger partial charge < -0.3 is 39.6 Å². The van der Waals surface area contributed by atoms with E-state index in [2.05, 4.69) is 24.5 Å². The van der Waals surface area contributed by atoms with Crippen LogP contribution in [0.4, 0.5) is 0 Å². The van der Waals surface area contributed by atoms with E-state index < -0.39 is 77.1 Å². The predicted molar refractivity (Wildman–Crippen MR) is 218 cm³/mol. The number of carbonyl (C=O) groups excluding carboxylic acids is 5. The minimum atomic E-state index is -1.42. The monoisotopic (exact) mass is 826 g/mol. The van der Waals surface area contributed by atoms with Gasteiger partial charge in [0.1, 0.15) is 35.4 Å². The Balaban J connectivity index is 1.35. The third kappa shape index (κ3) is 11.3. The van der Waals surface area contributed by atoms with Crippen LogP contribution in [0.2, 0.25) is 0 Å². The molecule has 1 aromatic carbocycles. The number of ether oxygens (including phenoxy) is 4. The van der Waals surface area contributed by atoms with Gasteiger partial charge in [-0.3, -0.25) is 28.8 Å². The fourth-order valence-corrected chi connectivity index (χ4v) is 8.58. The molecule has 5 rings (SSSR count). The molecule has 0 radical (unpaired) electrons. The number of rotatable bonds is 21. The normalized spacial score (nSPS) is 26.2. The SMILES string of the molecule is CCCCCC1(CCCCC)OC2C3CC4(C(=O)NCCC(=O)NC(CO)CCC(=O)OC(C)(C)C)C(ON(Cc5ccc(C=CC(=O)N(C)C)cc5)C4C(=O)O3)C2O1. The molecule has 15 heteroatoms. The zero-order chi connectivity index (χ0) is 43.0. The maximum atomic E-state index is 14.7. The Morgan fingerprint density at radius 3 is 2.27 bits per heavy atom. The van der Waals surface area contributed by atoms with Crippen LogP contribution in [0.1, 0.15) is 123 Å². The van der Waals surface area contributed by atoms with Crippen molar-refractivity contribution >= 4 is 35.7 Å². The second kappa shape index (κ2) is 20.1. The number of esters is 2. The molecule has 3 saturated heterocycles. The molecular formula is C44H66N4O11. The highest BCUT2D eigenvalue weighted by atomic mass is 16.8. The van der Waals surface area contributed by atoms with Crippen molar-refractivity contribution < 1.29 is 52.9 Å². The molecule has 59 heavy (non-hydrogen) atoms. The summed E-state index contributed by atoms with van der Waals surface area (Å²) in [5, 5.41) is 17.1. The zero-order valence-corrected chi connectivity index (χ0v) is 36.0. The molecule has 3 aliphatic heterocycles. The molecule has 3 amide bonds. The molecule has 4 fully saturated rings. The van der Waals surface area contributed by atoms with Crippen molar-refractivity contribution in [2.24, 2.45) is 5.41 Å². The number of nitrogens with one attached hydrogen (secondary N) is 2. The van der Waals surface area contributed by atoms with Gasteiger partial charge in [0.2, 0.25) is 17.7 Å². The predicted octanol–water partition coefficient (Wildman–Crippen LogP) is 4.33. The summed E-state index contributed by atoms with van der Waals surface area (Å²) in [5.41, 5.74) is -0.444.